The van der Waals surface area contributed by atoms with E-state index in [4.69, 9.17) is 5.73 Å². The van der Waals surface area contributed by atoms with Crippen molar-refractivity contribution in [1.29, 1.82) is 0 Å². The molecule has 19 heavy (non-hydrogen) atoms. The Balaban J connectivity index is 2.16. The van der Waals surface area contributed by atoms with E-state index in [-0.39, 0.29) is 0 Å². The number of nitrogens with zero attached hydrogens (tertiary/aromatic N) is 3. The maximum atomic E-state index is 5.70. The van der Waals surface area contributed by atoms with E-state index in [9.17, 15) is 0 Å². The minimum absolute atomic E-state index is 0.327. The molecule has 1 aromatic heterocycles. The van der Waals surface area contributed by atoms with E-state index in [1.54, 1.807) is 11.8 Å². The molecule has 0 atom stereocenters. The lowest BCUT2D eigenvalue weighted by Crippen LogP contribution is -2.11. The zero-order valence-corrected chi connectivity index (χ0v) is 12.4. The molecule has 0 saturated carbocycles. The van der Waals surface area contributed by atoms with Gasteiger partial charge in [0.15, 0.2) is 5.16 Å². The van der Waals surface area contributed by atoms with Crippen LogP contribution in [-0.4, -0.2) is 14.8 Å². The first-order valence-electron chi connectivity index (χ1n) is 6.44. The highest BCUT2D eigenvalue weighted by molar-refractivity contribution is 7.98. The second-order valence-electron chi connectivity index (χ2n) is 4.78. The fourth-order valence-corrected chi connectivity index (χ4v) is 3.14. The first kappa shape index (κ1) is 14.1. The van der Waals surface area contributed by atoms with Gasteiger partial charge in [-0.3, -0.25) is 0 Å². The van der Waals surface area contributed by atoms with E-state index >= 15 is 0 Å². The molecule has 0 aliphatic carbocycles. The molecule has 0 saturated heterocycles. The van der Waals surface area contributed by atoms with Crippen LogP contribution in [-0.2, 0) is 12.3 Å². The fraction of sp³-hybridized carbons (Fsp3) is 0.429. The van der Waals surface area contributed by atoms with Crippen molar-refractivity contribution < 1.29 is 0 Å². The molecule has 0 fully saturated rings. The fourth-order valence-electron chi connectivity index (χ4n) is 1.98. The smallest absolute Gasteiger partial charge is 0.191 e. The summed E-state index contributed by atoms with van der Waals surface area (Å²) in [7, 11) is 0. The van der Waals surface area contributed by atoms with E-state index in [1.807, 2.05) is 0 Å². The third-order valence-electron chi connectivity index (χ3n) is 3.05. The molecule has 0 amide bonds. The lowest BCUT2D eigenvalue weighted by atomic mass is 10.1. The molecule has 102 valence electrons. The molecular weight excluding hydrogens is 256 g/mol. The second-order valence-corrected chi connectivity index (χ2v) is 5.72. The number of nitrogens with two attached hydrogens (primary N) is 1. The number of aromatic nitrogens is 3. The van der Waals surface area contributed by atoms with Gasteiger partial charge < -0.3 is 10.3 Å². The summed E-state index contributed by atoms with van der Waals surface area (Å²) in [4.78, 5) is 0. The van der Waals surface area contributed by atoms with Gasteiger partial charge in [0.25, 0.3) is 0 Å². The number of rotatable bonds is 5. The van der Waals surface area contributed by atoms with Crippen molar-refractivity contribution in [1.82, 2.24) is 14.8 Å². The molecule has 1 aromatic carbocycles. The van der Waals surface area contributed by atoms with Crippen LogP contribution >= 0.6 is 11.8 Å². The van der Waals surface area contributed by atoms with Crippen LogP contribution in [0.3, 0.4) is 0 Å². The summed E-state index contributed by atoms with van der Waals surface area (Å²) in [5.74, 6) is 1.75. The molecule has 0 aliphatic rings. The van der Waals surface area contributed by atoms with E-state index in [2.05, 4.69) is 59.8 Å². The van der Waals surface area contributed by atoms with Gasteiger partial charge in [0.1, 0.15) is 5.82 Å². The summed E-state index contributed by atoms with van der Waals surface area (Å²) >= 11 is 1.71. The van der Waals surface area contributed by atoms with Crippen LogP contribution in [0.4, 0.5) is 0 Å². The molecule has 4 nitrogen and oxygen atoms in total. The minimum atomic E-state index is 0.327. The molecule has 0 aliphatic heterocycles. The molecule has 0 spiro atoms. The predicted octanol–water partition coefficient (Wildman–Crippen LogP) is 2.92. The molecule has 2 rings (SSSR count). The Labute approximate surface area is 118 Å². The molecule has 0 bridgehead atoms. The summed E-state index contributed by atoms with van der Waals surface area (Å²) in [5, 5.41) is 9.35. The van der Waals surface area contributed by atoms with Gasteiger partial charge in [0.05, 0.1) is 6.54 Å². The number of benzene rings is 1. The normalized spacial score (nSPS) is 11.2. The van der Waals surface area contributed by atoms with Crippen molar-refractivity contribution in [2.45, 2.75) is 44.3 Å². The van der Waals surface area contributed by atoms with E-state index in [0.29, 0.717) is 12.6 Å². The number of aryl methyl sites for hydroxylation is 1. The van der Waals surface area contributed by atoms with E-state index in [0.717, 1.165) is 16.7 Å². The number of hydrogen-bond acceptors (Lipinski definition) is 4. The lowest BCUT2D eigenvalue weighted by molar-refractivity contribution is 0.526. The average Bonchev–Trinajstić information content (AvgIpc) is 2.81. The van der Waals surface area contributed by atoms with Gasteiger partial charge in [-0.05, 0) is 31.9 Å². The van der Waals surface area contributed by atoms with E-state index < -0.39 is 0 Å². The van der Waals surface area contributed by atoms with Gasteiger partial charge in [-0.2, -0.15) is 0 Å². The Morgan fingerprint density at radius 1 is 1.26 bits per heavy atom. The third-order valence-corrected chi connectivity index (χ3v) is 4.04. The van der Waals surface area contributed by atoms with Gasteiger partial charge in [-0.15, -0.1) is 10.2 Å². The van der Waals surface area contributed by atoms with Crippen molar-refractivity contribution in [3.05, 3.63) is 41.2 Å². The summed E-state index contributed by atoms with van der Waals surface area (Å²) in [6, 6.07) is 8.75. The van der Waals surface area contributed by atoms with Gasteiger partial charge >= 0.3 is 0 Å². The van der Waals surface area contributed by atoms with Gasteiger partial charge in [-0.25, -0.2) is 0 Å². The maximum Gasteiger partial charge on any atom is 0.191 e. The van der Waals surface area contributed by atoms with Gasteiger partial charge in [0.2, 0.25) is 0 Å². The number of thioether (sulfide) groups is 1. The highest BCUT2D eigenvalue weighted by atomic mass is 32.2. The van der Waals surface area contributed by atoms with Crippen molar-refractivity contribution in [3.63, 3.8) is 0 Å². The predicted molar refractivity (Wildman–Crippen MR) is 79.0 cm³/mol. The standard InChI is InChI=1S/C14H20N4S/c1-10(2)18-13(8-15)16-17-14(18)19-9-12-7-5-4-6-11(12)3/h4-7,10H,8-9,15H2,1-3H3. The zero-order valence-electron chi connectivity index (χ0n) is 11.6. The van der Waals surface area contributed by atoms with Crippen LogP contribution in [0.5, 0.6) is 0 Å². The van der Waals surface area contributed by atoms with Crippen LogP contribution in [0.2, 0.25) is 0 Å². The quantitative estimate of drug-likeness (QED) is 0.853. The molecule has 0 radical (unpaired) electrons. The molecular formula is C14H20N4S. The molecule has 2 N–H and O–H groups in total. The second kappa shape index (κ2) is 6.21. The highest BCUT2D eigenvalue weighted by Gasteiger charge is 2.14. The minimum Gasteiger partial charge on any atom is -0.324 e. The van der Waals surface area contributed by atoms with Crippen molar-refractivity contribution >= 4 is 11.8 Å². The first-order valence-corrected chi connectivity index (χ1v) is 7.43. The zero-order chi connectivity index (χ0) is 13.8. The third kappa shape index (κ3) is 3.16. The summed E-state index contributed by atoms with van der Waals surface area (Å²) in [6.45, 7) is 6.81. The van der Waals surface area contributed by atoms with Gasteiger partial charge in [0, 0.05) is 11.8 Å². The highest BCUT2D eigenvalue weighted by Crippen LogP contribution is 2.25. The Bertz CT molecular complexity index is 548. The SMILES string of the molecule is Cc1ccccc1CSc1nnc(CN)n1C(C)C. The molecule has 5 heteroatoms. The van der Waals surface area contributed by atoms with Crippen molar-refractivity contribution in [3.8, 4) is 0 Å². The molecule has 2 aromatic rings. The van der Waals surface area contributed by atoms with Crippen LogP contribution < -0.4 is 5.73 Å². The molecule has 1 heterocycles. The summed E-state index contributed by atoms with van der Waals surface area (Å²) in [6.07, 6.45) is 0. The monoisotopic (exact) mass is 276 g/mol. The Morgan fingerprint density at radius 3 is 2.63 bits per heavy atom. The average molecular weight is 276 g/mol. The maximum absolute atomic E-state index is 5.70. The van der Waals surface area contributed by atoms with Crippen LogP contribution in [0, 0.1) is 6.92 Å². The molecule has 0 unspecified atom stereocenters. The largest absolute Gasteiger partial charge is 0.324 e. The van der Waals surface area contributed by atoms with Crippen LogP contribution in [0.15, 0.2) is 29.4 Å². The van der Waals surface area contributed by atoms with Gasteiger partial charge in [-0.1, -0.05) is 36.0 Å². The van der Waals surface area contributed by atoms with Crippen molar-refractivity contribution in [2.24, 2.45) is 5.73 Å². The Morgan fingerprint density at radius 2 is 2.00 bits per heavy atom. The first-order chi connectivity index (χ1) is 9.13. The summed E-state index contributed by atoms with van der Waals surface area (Å²) < 4.78 is 2.11. The Kier molecular flexibility index (Phi) is 4.61. The summed E-state index contributed by atoms with van der Waals surface area (Å²) in [5.41, 5.74) is 8.34. The number of hydrogen-bond donors (Lipinski definition) is 1. The van der Waals surface area contributed by atoms with Crippen LogP contribution in [0.1, 0.15) is 36.8 Å². The van der Waals surface area contributed by atoms with E-state index in [1.165, 1.54) is 11.1 Å². The Hall–Kier alpha value is -1.33. The van der Waals surface area contributed by atoms with Crippen molar-refractivity contribution in [2.75, 3.05) is 0 Å². The lowest BCUT2D eigenvalue weighted by Gasteiger charge is -2.13. The van der Waals surface area contributed by atoms with Crippen LogP contribution in [0.25, 0.3) is 0 Å². The topological polar surface area (TPSA) is 56.7 Å².